The van der Waals surface area contributed by atoms with E-state index in [4.69, 9.17) is 0 Å². The lowest BCUT2D eigenvalue weighted by atomic mass is 10.3. The number of hydrogen-bond donors (Lipinski definition) is 2. The number of hydrogen-bond acceptors (Lipinski definition) is 4. The summed E-state index contributed by atoms with van der Waals surface area (Å²) in [6.45, 7) is 0. The van der Waals surface area contributed by atoms with E-state index in [-0.39, 0.29) is 0 Å². The van der Waals surface area contributed by atoms with Crippen LogP contribution in [0.25, 0.3) is 0 Å². The fourth-order valence-corrected chi connectivity index (χ4v) is 1.38. The van der Waals surface area contributed by atoms with Gasteiger partial charge in [0.1, 0.15) is 5.82 Å². The summed E-state index contributed by atoms with van der Waals surface area (Å²) in [7, 11) is 0. The molecule has 0 bridgehead atoms. The number of hydrazone groups is 1. The summed E-state index contributed by atoms with van der Waals surface area (Å²) in [5, 5.41) is 5.92. The Hall–Kier alpha value is -3.09. The normalized spacial score (nSPS) is 10.3. The van der Waals surface area contributed by atoms with E-state index in [1.165, 1.54) is 30.5 Å². The van der Waals surface area contributed by atoms with Crippen LogP contribution < -0.4 is 10.7 Å². The van der Waals surface area contributed by atoms with Crippen molar-refractivity contribution in [1.82, 2.24) is 10.4 Å². The zero-order valence-corrected chi connectivity index (χ0v) is 10.8. The van der Waals surface area contributed by atoms with Gasteiger partial charge < -0.3 is 5.32 Å². The van der Waals surface area contributed by atoms with E-state index in [0.29, 0.717) is 11.4 Å². The van der Waals surface area contributed by atoms with Crippen LogP contribution in [0.4, 0.5) is 10.1 Å². The molecule has 0 aliphatic heterocycles. The minimum atomic E-state index is -0.938. The molecule has 7 heteroatoms. The molecule has 0 unspecified atom stereocenters. The molecule has 0 saturated carbocycles. The predicted octanol–water partition coefficient (Wildman–Crippen LogP) is 1.31. The van der Waals surface area contributed by atoms with Crippen molar-refractivity contribution in [2.75, 3.05) is 5.32 Å². The highest BCUT2D eigenvalue weighted by molar-refractivity contribution is 6.39. The number of aromatic nitrogens is 1. The number of carbonyl (C=O) groups is 2. The number of rotatable bonds is 3. The van der Waals surface area contributed by atoms with E-state index in [1.807, 2.05) is 0 Å². The first-order valence-corrected chi connectivity index (χ1v) is 5.96. The van der Waals surface area contributed by atoms with Gasteiger partial charge in [-0.3, -0.25) is 14.6 Å². The Morgan fingerprint density at radius 3 is 2.52 bits per heavy atom. The maximum Gasteiger partial charge on any atom is 0.329 e. The monoisotopic (exact) mass is 286 g/mol. The molecule has 1 heterocycles. The maximum absolute atomic E-state index is 12.7. The van der Waals surface area contributed by atoms with Crippen LogP contribution in [-0.4, -0.2) is 23.0 Å². The van der Waals surface area contributed by atoms with Gasteiger partial charge in [0.2, 0.25) is 0 Å². The Morgan fingerprint density at radius 1 is 1.10 bits per heavy atom. The molecule has 106 valence electrons. The van der Waals surface area contributed by atoms with Gasteiger partial charge in [-0.05, 0) is 36.4 Å². The van der Waals surface area contributed by atoms with Crippen LogP contribution in [0.3, 0.4) is 0 Å². The SMILES string of the molecule is O=C(NN=Cc1ccccn1)C(=O)Nc1ccc(F)cc1. The first kappa shape index (κ1) is 14.3. The van der Waals surface area contributed by atoms with Gasteiger partial charge in [0, 0.05) is 11.9 Å². The fourth-order valence-electron chi connectivity index (χ4n) is 1.38. The molecule has 1 aromatic heterocycles. The molecule has 2 amide bonds. The minimum Gasteiger partial charge on any atom is -0.318 e. The van der Waals surface area contributed by atoms with Gasteiger partial charge in [-0.25, -0.2) is 9.82 Å². The van der Waals surface area contributed by atoms with Crippen molar-refractivity contribution in [3.8, 4) is 0 Å². The third-order valence-electron chi connectivity index (χ3n) is 2.36. The molecule has 0 fully saturated rings. The summed E-state index contributed by atoms with van der Waals surface area (Å²) in [5.41, 5.74) is 2.92. The van der Waals surface area contributed by atoms with Gasteiger partial charge in [-0.15, -0.1) is 0 Å². The van der Waals surface area contributed by atoms with Gasteiger partial charge in [-0.1, -0.05) is 6.07 Å². The van der Waals surface area contributed by atoms with Crippen molar-refractivity contribution in [2.45, 2.75) is 0 Å². The number of nitrogens with one attached hydrogen (secondary N) is 2. The second-order valence-electron chi connectivity index (χ2n) is 3.91. The molecule has 1 aromatic carbocycles. The molecule has 0 spiro atoms. The maximum atomic E-state index is 12.7. The smallest absolute Gasteiger partial charge is 0.318 e. The highest BCUT2D eigenvalue weighted by atomic mass is 19.1. The lowest BCUT2D eigenvalue weighted by Crippen LogP contribution is -2.32. The molecule has 2 N–H and O–H groups in total. The van der Waals surface area contributed by atoms with Crippen LogP contribution >= 0.6 is 0 Å². The van der Waals surface area contributed by atoms with E-state index < -0.39 is 17.6 Å². The molecule has 6 nitrogen and oxygen atoms in total. The van der Waals surface area contributed by atoms with Gasteiger partial charge >= 0.3 is 11.8 Å². The number of carbonyl (C=O) groups excluding carboxylic acids is 2. The van der Waals surface area contributed by atoms with Crippen LogP contribution in [0.5, 0.6) is 0 Å². The first-order chi connectivity index (χ1) is 10.1. The van der Waals surface area contributed by atoms with Crippen LogP contribution in [0.15, 0.2) is 53.8 Å². The van der Waals surface area contributed by atoms with Crippen LogP contribution in [-0.2, 0) is 9.59 Å². The first-order valence-electron chi connectivity index (χ1n) is 5.96. The van der Waals surface area contributed by atoms with E-state index in [9.17, 15) is 14.0 Å². The van der Waals surface area contributed by atoms with E-state index >= 15 is 0 Å². The van der Waals surface area contributed by atoms with Gasteiger partial charge in [-0.2, -0.15) is 5.10 Å². The summed E-state index contributed by atoms with van der Waals surface area (Å²) < 4.78 is 12.7. The number of amides is 2. The summed E-state index contributed by atoms with van der Waals surface area (Å²) in [4.78, 5) is 27.0. The number of halogens is 1. The summed E-state index contributed by atoms with van der Waals surface area (Å²) in [6, 6.07) is 10.2. The standard InChI is InChI=1S/C14H11FN4O2/c15-10-4-6-11(7-5-10)18-13(20)14(21)19-17-9-12-3-1-2-8-16-12/h1-9H,(H,18,20)(H,19,21). The van der Waals surface area contributed by atoms with E-state index in [2.05, 4.69) is 20.8 Å². The van der Waals surface area contributed by atoms with Crippen molar-refractivity contribution in [1.29, 1.82) is 0 Å². The second-order valence-corrected chi connectivity index (χ2v) is 3.91. The molecule has 0 atom stereocenters. The number of benzene rings is 1. The van der Waals surface area contributed by atoms with Gasteiger partial charge in [0.15, 0.2) is 0 Å². The average Bonchev–Trinajstić information content (AvgIpc) is 2.50. The van der Waals surface area contributed by atoms with Crippen molar-refractivity contribution < 1.29 is 14.0 Å². The number of anilines is 1. The Bertz CT molecular complexity index is 656. The predicted molar refractivity (Wildman–Crippen MR) is 75.0 cm³/mol. The molecular weight excluding hydrogens is 275 g/mol. The molecule has 2 rings (SSSR count). The number of nitrogens with zero attached hydrogens (tertiary/aromatic N) is 2. The third kappa shape index (κ3) is 4.50. The topological polar surface area (TPSA) is 83.5 Å². The summed E-state index contributed by atoms with van der Waals surface area (Å²) >= 11 is 0. The summed E-state index contributed by atoms with van der Waals surface area (Å²) in [6.07, 6.45) is 2.88. The summed E-state index contributed by atoms with van der Waals surface area (Å²) in [5.74, 6) is -2.27. The molecule has 0 aliphatic rings. The average molecular weight is 286 g/mol. The Labute approximate surface area is 119 Å². The van der Waals surface area contributed by atoms with E-state index in [0.717, 1.165) is 0 Å². The largest absolute Gasteiger partial charge is 0.329 e. The van der Waals surface area contributed by atoms with Crippen LogP contribution in [0.1, 0.15) is 5.69 Å². The molecule has 0 aliphatic carbocycles. The third-order valence-corrected chi connectivity index (χ3v) is 2.36. The zero-order valence-electron chi connectivity index (χ0n) is 10.8. The minimum absolute atomic E-state index is 0.310. The lowest BCUT2D eigenvalue weighted by molar-refractivity contribution is -0.136. The molecule has 2 aromatic rings. The van der Waals surface area contributed by atoms with Crippen LogP contribution in [0.2, 0.25) is 0 Å². The lowest BCUT2D eigenvalue weighted by Gasteiger charge is -2.03. The highest BCUT2D eigenvalue weighted by Crippen LogP contribution is 2.07. The molecule has 0 radical (unpaired) electrons. The van der Waals surface area contributed by atoms with Crippen LogP contribution in [0, 0.1) is 5.82 Å². The second kappa shape index (κ2) is 6.90. The fraction of sp³-hybridized carbons (Fsp3) is 0. The Morgan fingerprint density at radius 2 is 1.86 bits per heavy atom. The van der Waals surface area contributed by atoms with Gasteiger partial charge in [0.25, 0.3) is 0 Å². The van der Waals surface area contributed by atoms with Gasteiger partial charge in [0.05, 0.1) is 11.9 Å². The van der Waals surface area contributed by atoms with Crippen molar-refractivity contribution >= 4 is 23.7 Å². The Kier molecular flexibility index (Phi) is 4.70. The van der Waals surface area contributed by atoms with Crippen molar-refractivity contribution in [3.05, 3.63) is 60.2 Å². The highest BCUT2D eigenvalue weighted by Gasteiger charge is 2.12. The van der Waals surface area contributed by atoms with E-state index in [1.54, 1.807) is 24.4 Å². The zero-order chi connectivity index (χ0) is 15.1. The molecule has 21 heavy (non-hydrogen) atoms. The van der Waals surface area contributed by atoms with Crippen molar-refractivity contribution in [3.63, 3.8) is 0 Å². The Balaban J connectivity index is 1.87. The van der Waals surface area contributed by atoms with Crippen molar-refractivity contribution in [2.24, 2.45) is 5.10 Å². The quantitative estimate of drug-likeness (QED) is 0.507. The molecular formula is C14H11FN4O2. The molecule has 0 saturated heterocycles. The number of pyridine rings is 1.